The third-order valence-corrected chi connectivity index (χ3v) is 3.38. The van der Waals surface area contributed by atoms with Crippen LogP contribution in [0.15, 0.2) is 24.3 Å². The molecule has 0 unspecified atom stereocenters. The molecule has 5 heteroatoms. The minimum atomic E-state index is -0.507. The van der Waals surface area contributed by atoms with E-state index in [1.165, 1.54) is 13.2 Å². The molecule has 0 N–H and O–H groups in total. The van der Waals surface area contributed by atoms with Crippen molar-refractivity contribution in [3.05, 3.63) is 35.7 Å². The first kappa shape index (κ1) is 16.3. The first-order valence-corrected chi connectivity index (χ1v) is 7.31. The fourth-order valence-corrected chi connectivity index (χ4v) is 2.38. The van der Waals surface area contributed by atoms with Gasteiger partial charge in [-0.05, 0) is 38.8 Å². The van der Waals surface area contributed by atoms with Crippen molar-refractivity contribution >= 4 is 11.7 Å². The van der Waals surface area contributed by atoms with Gasteiger partial charge in [0.1, 0.15) is 5.60 Å². The van der Waals surface area contributed by atoms with Crippen LogP contribution in [-0.4, -0.2) is 36.8 Å². The highest BCUT2D eigenvalue weighted by Crippen LogP contribution is 2.32. The highest BCUT2D eigenvalue weighted by atomic mass is 19.1. The maximum absolute atomic E-state index is 13.8. The molecule has 4 nitrogen and oxygen atoms in total. The second-order valence-electron chi connectivity index (χ2n) is 6.23. The van der Waals surface area contributed by atoms with Crippen LogP contribution in [0.3, 0.4) is 0 Å². The standard InChI is InChI=1S/C17H22FNO3/c1-17(2,3)22-16(20)19-10-8-12(9-11-19)13-6-5-7-14(18)15(13)21-4/h5-8H,9-11H2,1-4H3. The van der Waals surface area contributed by atoms with E-state index in [-0.39, 0.29) is 17.7 Å². The van der Waals surface area contributed by atoms with Crippen molar-refractivity contribution in [2.45, 2.75) is 32.8 Å². The lowest BCUT2D eigenvalue weighted by molar-refractivity contribution is 0.0270. The first-order chi connectivity index (χ1) is 10.3. The molecule has 0 spiro atoms. The molecule has 0 bridgehead atoms. The first-order valence-electron chi connectivity index (χ1n) is 7.31. The molecule has 1 amide bonds. The van der Waals surface area contributed by atoms with E-state index in [1.54, 1.807) is 11.0 Å². The van der Waals surface area contributed by atoms with Crippen molar-refractivity contribution in [2.75, 3.05) is 20.2 Å². The zero-order chi connectivity index (χ0) is 16.3. The van der Waals surface area contributed by atoms with E-state index in [0.717, 1.165) is 11.1 Å². The molecule has 1 aromatic rings. The van der Waals surface area contributed by atoms with Crippen LogP contribution >= 0.6 is 0 Å². The predicted octanol–water partition coefficient (Wildman–Crippen LogP) is 3.86. The Hall–Kier alpha value is -2.04. The van der Waals surface area contributed by atoms with E-state index in [0.29, 0.717) is 19.5 Å². The van der Waals surface area contributed by atoms with Crippen molar-refractivity contribution in [2.24, 2.45) is 0 Å². The van der Waals surface area contributed by atoms with Gasteiger partial charge in [0.25, 0.3) is 0 Å². The maximum Gasteiger partial charge on any atom is 0.410 e. The number of para-hydroxylation sites is 1. The average molecular weight is 307 g/mol. The monoisotopic (exact) mass is 307 g/mol. The lowest BCUT2D eigenvalue weighted by Crippen LogP contribution is -2.39. The molecule has 1 heterocycles. The SMILES string of the molecule is COc1c(F)cccc1C1=CCN(C(=O)OC(C)(C)C)CC1. The molecule has 0 fully saturated rings. The van der Waals surface area contributed by atoms with Crippen LogP contribution < -0.4 is 4.74 Å². The van der Waals surface area contributed by atoms with Crippen LogP contribution in [0, 0.1) is 5.82 Å². The number of hydrogen-bond acceptors (Lipinski definition) is 3. The summed E-state index contributed by atoms with van der Waals surface area (Å²) >= 11 is 0. The number of rotatable bonds is 2. The minimum absolute atomic E-state index is 0.250. The van der Waals surface area contributed by atoms with E-state index in [4.69, 9.17) is 9.47 Å². The lowest BCUT2D eigenvalue weighted by Gasteiger charge is -2.30. The van der Waals surface area contributed by atoms with Crippen molar-refractivity contribution in [1.82, 2.24) is 4.90 Å². The largest absolute Gasteiger partial charge is 0.493 e. The van der Waals surface area contributed by atoms with E-state index >= 15 is 0 Å². The summed E-state index contributed by atoms with van der Waals surface area (Å²) in [6.45, 7) is 6.51. The van der Waals surface area contributed by atoms with Gasteiger partial charge < -0.3 is 14.4 Å². The summed E-state index contributed by atoms with van der Waals surface area (Å²) in [4.78, 5) is 13.7. The van der Waals surface area contributed by atoms with Gasteiger partial charge in [0, 0.05) is 18.7 Å². The van der Waals surface area contributed by atoms with Gasteiger partial charge in [-0.3, -0.25) is 0 Å². The molecule has 120 valence electrons. The summed E-state index contributed by atoms with van der Waals surface area (Å²) in [7, 11) is 1.46. The van der Waals surface area contributed by atoms with Crippen LogP contribution in [0.2, 0.25) is 0 Å². The van der Waals surface area contributed by atoms with Gasteiger partial charge >= 0.3 is 6.09 Å². The number of halogens is 1. The molecule has 1 aliphatic heterocycles. The molecule has 0 saturated heterocycles. The van der Waals surface area contributed by atoms with Gasteiger partial charge in [-0.25, -0.2) is 9.18 Å². The van der Waals surface area contributed by atoms with E-state index < -0.39 is 5.60 Å². The Morgan fingerprint density at radius 1 is 1.32 bits per heavy atom. The Morgan fingerprint density at radius 2 is 2.05 bits per heavy atom. The van der Waals surface area contributed by atoms with Crippen molar-refractivity contribution in [3.63, 3.8) is 0 Å². The van der Waals surface area contributed by atoms with Crippen LogP contribution in [-0.2, 0) is 4.74 Å². The van der Waals surface area contributed by atoms with Gasteiger partial charge in [0.2, 0.25) is 0 Å². The van der Waals surface area contributed by atoms with E-state index in [1.807, 2.05) is 32.9 Å². The predicted molar refractivity (Wildman–Crippen MR) is 83.4 cm³/mol. The summed E-state index contributed by atoms with van der Waals surface area (Å²) in [6, 6.07) is 4.86. The van der Waals surface area contributed by atoms with Gasteiger partial charge in [-0.15, -0.1) is 0 Å². The molecule has 0 atom stereocenters. The quantitative estimate of drug-likeness (QED) is 0.833. The van der Waals surface area contributed by atoms with Crippen LogP contribution in [0.1, 0.15) is 32.8 Å². The molecule has 0 radical (unpaired) electrons. The highest BCUT2D eigenvalue weighted by molar-refractivity contribution is 5.75. The van der Waals surface area contributed by atoms with Crippen molar-refractivity contribution in [3.8, 4) is 5.75 Å². The second kappa shape index (κ2) is 6.38. The Morgan fingerprint density at radius 3 is 2.59 bits per heavy atom. The lowest BCUT2D eigenvalue weighted by atomic mass is 9.98. The average Bonchev–Trinajstić information content (AvgIpc) is 2.45. The summed E-state index contributed by atoms with van der Waals surface area (Å²) in [5.74, 6) is -0.130. The number of amides is 1. The number of carbonyl (C=O) groups is 1. The molecule has 1 aromatic carbocycles. The third kappa shape index (κ3) is 3.78. The van der Waals surface area contributed by atoms with Crippen molar-refractivity contribution < 1.29 is 18.7 Å². The van der Waals surface area contributed by atoms with Gasteiger partial charge in [0.05, 0.1) is 7.11 Å². The zero-order valence-electron chi connectivity index (χ0n) is 13.5. The minimum Gasteiger partial charge on any atom is -0.493 e. The Labute approximate surface area is 130 Å². The molecule has 22 heavy (non-hydrogen) atoms. The second-order valence-corrected chi connectivity index (χ2v) is 6.23. The van der Waals surface area contributed by atoms with Crippen LogP contribution in [0.5, 0.6) is 5.75 Å². The number of nitrogens with zero attached hydrogens (tertiary/aromatic N) is 1. The maximum atomic E-state index is 13.8. The number of benzene rings is 1. The smallest absolute Gasteiger partial charge is 0.410 e. The molecular weight excluding hydrogens is 285 g/mol. The topological polar surface area (TPSA) is 38.8 Å². The highest BCUT2D eigenvalue weighted by Gasteiger charge is 2.24. The number of ether oxygens (including phenoxy) is 2. The molecular formula is C17H22FNO3. The van der Waals surface area contributed by atoms with Crippen LogP contribution in [0.25, 0.3) is 5.57 Å². The molecule has 0 aromatic heterocycles. The van der Waals surface area contributed by atoms with Gasteiger partial charge in [-0.1, -0.05) is 18.2 Å². The number of hydrogen-bond donors (Lipinski definition) is 0. The summed E-state index contributed by atoms with van der Waals surface area (Å²) in [5.41, 5.74) is 1.22. The fraction of sp³-hybridized carbons (Fsp3) is 0.471. The molecule has 0 saturated carbocycles. The molecule has 2 rings (SSSR count). The Kier molecular flexibility index (Phi) is 4.74. The number of carbonyl (C=O) groups excluding carboxylic acids is 1. The zero-order valence-corrected chi connectivity index (χ0v) is 13.5. The number of methoxy groups -OCH3 is 1. The van der Waals surface area contributed by atoms with E-state index in [2.05, 4.69) is 0 Å². The summed E-state index contributed by atoms with van der Waals surface area (Å²) < 4.78 is 24.3. The summed E-state index contributed by atoms with van der Waals surface area (Å²) in [6.07, 6.45) is 2.23. The Bertz CT molecular complexity index is 590. The molecule has 0 aliphatic carbocycles. The summed E-state index contributed by atoms with van der Waals surface area (Å²) in [5, 5.41) is 0. The van der Waals surface area contributed by atoms with Crippen molar-refractivity contribution in [1.29, 1.82) is 0 Å². The molecule has 1 aliphatic rings. The van der Waals surface area contributed by atoms with Gasteiger partial charge in [-0.2, -0.15) is 0 Å². The Balaban J connectivity index is 2.12. The fourth-order valence-electron chi connectivity index (χ4n) is 2.38. The third-order valence-electron chi connectivity index (χ3n) is 3.38. The van der Waals surface area contributed by atoms with Crippen LogP contribution in [0.4, 0.5) is 9.18 Å². The van der Waals surface area contributed by atoms with Gasteiger partial charge in [0.15, 0.2) is 11.6 Å². The van der Waals surface area contributed by atoms with E-state index in [9.17, 15) is 9.18 Å². The normalized spacial score (nSPS) is 15.3.